The minimum Gasteiger partial charge on any atom is -0.0931 e. The molecule has 0 unspecified atom stereocenters. The summed E-state index contributed by atoms with van der Waals surface area (Å²) < 4.78 is 0. The zero-order valence-electron chi connectivity index (χ0n) is 8.78. The Balaban J connectivity index is 2.06. The van der Waals surface area contributed by atoms with E-state index in [2.05, 4.69) is 11.8 Å². The molecule has 78 valence electrons. The zero-order chi connectivity index (χ0) is 11.2. The largest absolute Gasteiger partial charge is 0.0931 e. The van der Waals surface area contributed by atoms with Gasteiger partial charge >= 0.3 is 0 Å². The lowest BCUT2D eigenvalue weighted by Crippen LogP contribution is -1.80. The van der Waals surface area contributed by atoms with Gasteiger partial charge in [0.05, 0.1) is 0 Å². The second-order valence-corrected chi connectivity index (χ2v) is 3.91. The van der Waals surface area contributed by atoms with E-state index < -0.39 is 0 Å². The quantitative estimate of drug-likeness (QED) is 0.647. The molecular weight excluding hydrogens is 216 g/mol. The lowest BCUT2D eigenvalue weighted by atomic mass is 10.1. The molecule has 0 heterocycles. The van der Waals surface area contributed by atoms with Crippen molar-refractivity contribution in [1.29, 1.82) is 0 Å². The van der Waals surface area contributed by atoms with Crippen LogP contribution in [-0.4, -0.2) is 0 Å². The first-order valence-electron chi connectivity index (χ1n) is 5.13. The van der Waals surface area contributed by atoms with Gasteiger partial charge in [0.15, 0.2) is 0 Å². The molecule has 2 aromatic rings. The van der Waals surface area contributed by atoms with Crippen LogP contribution in [0.1, 0.15) is 11.1 Å². The van der Waals surface area contributed by atoms with E-state index in [0.29, 0.717) is 0 Å². The lowest BCUT2D eigenvalue weighted by molar-refractivity contribution is 1.32. The van der Waals surface area contributed by atoms with Gasteiger partial charge in [0.25, 0.3) is 0 Å². The van der Waals surface area contributed by atoms with Crippen LogP contribution in [-0.2, 0) is 6.42 Å². The van der Waals surface area contributed by atoms with E-state index in [1.807, 2.05) is 54.6 Å². The van der Waals surface area contributed by atoms with Crippen LogP contribution in [0.15, 0.2) is 54.6 Å². The van der Waals surface area contributed by atoms with Crippen molar-refractivity contribution in [3.05, 3.63) is 70.7 Å². The normalized spacial score (nSPS) is 9.31. The van der Waals surface area contributed by atoms with E-state index in [0.717, 1.165) is 22.6 Å². The van der Waals surface area contributed by atoms with Crippen molar-refractivity contribution in [2.24, 2.45) is 0 Å². The Labute approximate surface area is 101 Å². The summed E-state index contributed by atoms with van der Waals surface area (Å²) in [5.41, 5.74) is 2.19. The molecule has 2 rings (SSSR count). The molecule has 0 atom stereocenters. The van der Waals surface area contributed by atoms with Crippen molar-refractivity contribution < 1.29 is 0 Å². The second-order valence-electron chi connectivity index (χ2n) is 3.47. The molecule has 0 aromatic heterocycles. The number of hydrogen-bond acceptors (Lipinski definition) is 0. The molecule has 0 saturated carbocycles. The molecule has 0 fully saturated rings. The summed E-state index contributed by atoms with van der Waals surface area (Å²) in [4.78, 5) is 0. The lowest BCUT2D eigenvalue weighted by Gasteiger charge is -1.94. The van der Waals surface area contributed by atoms with Crippen molar-refractivity contribution >= 4 is 11.6 Å². The van der Waals surface area contributed by atoms with Crippen LogP contribution in [0, 0.1) is 11.8 Å². The highest BCUT2D eigenvalue weighted by Crippen LogP contribution is 2.10. The van der Waals surface area contributed by atoms with Crippen molar-refractivity contribution in [3.63, 3.8) is 0 Å². The molecule has 16 heavy (non-hydrogen) atoms. The van der Waals surface area contributed by atoms with E-state index in [9.17, 15) is 0 Å². The standard InChI is InChI=1S/C15H11Cl/c16-15-11-5-10-14(12-15)9-4-8-13-6-2-1-3-7-13/h1-3,5-7,10-12H,9H2. The van der Waals surface area contributed by atoms with E-state index >= 15 is 0 Å². The molecule has 0 radical (unpaired) electrons. The Bertz CT molecular complexity index is 518. The van der Waals surface area contributed by atoms with Crippen LogP contribution in [0.2, 0.25) is 5.02 Å². The van der Waals surface area contributed by atoms with Gasteiger partial charge in [-0.25, -0.2) is 0 Å². The third-order valence-corrected chi connectivity index (χ3v) is 2.42. The summed E-state index contributed by atoms with van der Waals surface area (Å²) in [6.07, 6.45) is 0.732. The Morgan fingerprint density at radius 3 is 2.50 bits per heavy atom. The van der Waals surface area contributed by atoms with Gasteiger partial charge in [-0.05, 0) is 29.8 Å². The first kappa shape index (κ1) is 10.8. The third kappa shape index (κ3) is 3.15. The molecule has 0 amide bonds. The van der Waals surface area contributed by atoms with Crippen LogP contribution in [0.3, 0.4) is 0 Å². The molecule has 0 saturated heterocycles. The van der Waals surface area contributed by atoms with Crippen LogP contribution >= 0.6 is 11.6 Å². The molecule has 2 aromatic carbocycles. The van der Waals surface area contributed by atoms with Gasteiger partial charge in [-0.15, -0.1) is 0 Å². The molecule has 0 aliphatic heterocycles. The van der Waals surface area contributed by atoms with Gasteiger partial charge in [0.2, 0.25) is 0 Å². The van der Waals surface area contributed by atoms with E-state index in [1.54, 1.807) is 0 Å². The summed E-state index contributed by atoms with van der Waals surface area (Å²) in [6.45, 7) is 0. The number of benzene rings is 2. The third-order valence-electron chi connectivity index (χ3n) is 2.19. The fraction of sp³-hybridized carbons (Fsp3) is 0.0667. The maximum Gasteiger partial charge on any atom is 0.0409 e. The predicted molar refractivity (Wildman–Crippen MR) is 68.5 cm³/mol. The minimum atomic E-state index is 0.732. The van der Waals surface area contributed by atoms with Crippen LogP contribution in [0.4, 0.5) is 0 Å². The van der Waals surface area contributed by atoms with Crippen molar-refractivity contribution in [1.82, 2.24) is 0 Å². The van der Waals surface area contributed by atoms with Gasteiger partial charge in [-0.3, -0.25) is 0 Å². The highest BCUT2D eigenvalue weighted by Gasteiger charge is 1.90. The molecular formula is C15H11Cl. The maximum atomic E-state index is 5.89. The summed E-state index contributed by atoms with van der Waals surface area (Å²) >= 11 is 5.89. The van der Waals surface area contributed by atoms with Crippen LogP contribution < -0.4 is 0 Å². The Morgan fingerprint density at radius 2 is 1.75 bits per heavy atom. The molecule has 0 nitrogen and oxygen atoms in total. The van der Waals surface area contributed by atoms with Gasteiger partial charge in [-0.2, -0.15) is 0 Å². The summed E-state index contributed by atoms with van der Waals surface area (Å²) in [5, 5.41) is 0.763. The first-order valence-corrected chi connectivity index (χ1v) is 5.51. The van der Waals surface area contributed by atoms with E-state index in [4.69, 9.17) is 11.6 Å². The second kappa shape index (κ2) is 5.39. The highest BCUT2D eigenvalue weighted by molar-refractivity contribution is 6.30. The SMILES string of the molecule is Clc1cccc(CC#Cc2ccccc2)c1. The number of hydrogen-bond donors (Lipinski definition) is 0. The zero-order valence-corrected chi connectivity index (χ0v) is 9.54. The molecule has 0 bridgehead atoms. The topological polar surface area (TPSA) is 0 Å². The number of rotatable bonds is 1. The van der Waals surface area contributed by atoms with Crippen LogP contribution in [0.5, 0.6) is 0 Å². The van der Waals surface area contributed by atoms with Crippen molar-refractivity contribution in [2.45, 2.75) is 6.42 Å². The molecule has 0 N–H and O–H groups in total. The fourth-order valence-corrected chi connectivity index (χ4v) is 1.63. The maximum absolute atomic E-state index is 5.89. The van der Waals surface area contributed by atoms with Gasteiger partial charge in [0, 0.05) is 17.0 Å². The predicted octanol–water partition coefficient (Wildman–Crippen LogP) is 3.93. The Morgan fingerprint density at radius 1 is 0.938 bits per heavy atom. The minimum absolute atomic E-state index is 0.732. The molecule has 0 aliphatic rings. The van der Waals surface area contributed by atoms with Gasteiger partial charge in [-0.1, -0.05) is 53.8 Å². The molecule has 0 spiro atoms. The number of halogens is 1. The Hall–Kier alpha value is -1.71. The monoisotopic (exact) mass is 226 g/mol. The summed E-state index contributed by atoms with van der Waals surface area (Å²) in [5.74, 6) is 6.26. The molecule has 0 aliphatic carbocycles. The smallest absolute Gasteiger partial charge is 0.0409 e. The van der Waals surface area contributed by atoms with Crippen molar-refractivity contribution in [2.75, 3.05) is 0 Å². The van der Waals surface area contributed by atoms with Gasteiger partial charge in [0.1, 0.15) is 0 Å². The highest BCUT2D eigenvalue weighted by atomic mass is 35.5. The average Bonchev–Trinajstić information content (AvgIpc) is 2.30. The average molecular weight is 227 g/mol. The van der Waals surface area contributed by atoms with Crippen LogP contribution in [0.25, 0.3) is 0 Å². The first-order chi connectivity index (χ1) is 7.84. The van der Waals surface area contributed by atoms with E-state index in [1.165, 1.54) is 0 Å². The summed E-state index contributed by atoms with van der Waals surface area (Å²) in [6, 6.07) is 17.8. The Kier molecular flexibility index (Phi) is 3.64. The van der Waals surface area contributed by atoms with Crippen molar-refractivity contribution in [3.8, 4) is 11.8 Å². The van der Waals surface area contributed by atoms with E-state index in [-0.39, 0.29) is 0 Å². The summed E-state index contributed by atoms with van der Waals surface area (Å²) in [7, 11) is 0. The molecule has 1 heteroatoms. The fourth-order valence-electron chi connectivity index (χ4n) is 1.42. The van der Waals surface area contributed by atoms with Gasteiger partial charge < -0.3 is 0 Å².